The lowest BCUT2D eigenvalue weighted by atomic mass is 9.77. The van der Waals surface area contributed by atoms with Gasteiger partial charge in [0.1, 0.15) is 0 Å². The van der Waals surface area contributed by atoms with Gasteiger partial charge in [0.15, 0.2) is 0 Å². The number of unbranched alkanes of at least 4 members (excludes halogenated alkanes) is 10. The molecule has 0 saturated heterocycles. The Morgan fingerprint density at radius 2 is 1.40 bits per heavy atom. The molecule has 0 saturated carbocycles. The van der Waals surface area contributed by atoms with Gasteiger partial charge in [-0.05, 0) is 61.6 Å². The van der Waals surface area contributed by atoms with E-state index in [0.717, 1.165) is 70.1 Å². The van der Waals surface area contributed by atoms with Gasteiger partial charge < -0.3 is 9.47 Å². The van der Waals surface area contributed by atoms with E-state index in [0.29, 0.717) is 24.2 Å². The Labute approximate surface area is 240 Å². The monoisotopic (exact) mass is 561 g/mol. The van der Waals surface area contributed by atoms with Crippen LogP contribution in [0, 0.1) is 5.95 Å². The lowest BCUT2D eigenvalue weighted by Crippen LogP contribution is -2.32. The van der Waals surface area contributed by atoms with Crippen LogP contribution in [0.15, 0.2) is 30.3 Å². The van der Waals surface area contributed by atoms with Crippen molar-refractivity contribution >= 4 is 0 Å². The fraction of sp³-hybridized carbons (Fsp3) is 0.676. The molecule has 40 heavy (non-hydrogen) atoms. The number of ether oxygens (including phenoxy) is 2. The molecule has 1 aromatic carbocycles. The molecule has 0 amide bonds. The first kappa shape index (κ1) is 32.4. The summed E-state index contributed by atoms with van der Waals surface area (Å²) in [5.41, 5.74) is 1.45. The van der Waals surface area contributed by atoms with E-state index in [1.807, 2.05) is 12.1 Å². The summed E-state index contributed by atoms with van der Waals surface area (Å²) < 4.78 is 57.5. The van der Waals surface area contributed by atoms with Crippen LogP contribution < -0.4 is 4.74 Å². The van der Waals surface area contributed by atoms with Crippen molar-refractivity contribution in [2.75, 3.05) is 19.8 Å². The lowest BCUT2D eigenvalue weighted by Gasteiger charge is -2.33. The predicted octanol–water partition coefficient (Wildman–Crippen LogP) is 10.1. The van der Waals surface area contributed by atoms with Crippen LogP contribution in [-0.4, -0.2) is 24.8 Å². The number of aromatic nitrogens is 1. The van der Waals surface area contributed by atoms with Crippen LogP contribution in [0.1, 0.15) is 132 Å². The summed E-state index contributed by atoms with van der Waals surface area (Å²) in [6.07, 6.45) is 16.3. The largest absolute Gasteiger partial charge is 0.478 e. The van der Waals surface area contributed by atoms with Gasteiger partial charge in [-0.25, -0.2) is 8.78 Å². The first-order valence-electron chi connectivity index (χ1n) is 15.8. The molecule has 1 aliphatic rings. The zero-order chi connectivity index (χ0) is 28.6. The van der Waals surface area contributed by atoms with Crippen LogP contribution in [0.5, 0.6) is 5.88 Å². The Morgan fingerprint density at radius 1 is 0.800 bits per heavy atom. The van der Waals surface area contributed by atoms with E-state index in [1.165, 1.54) is 44.6 Å². The molecule has 1 unspecified atom stereocenters. The summed E-state index contributed by atoms with van der Waals surface area (Å²) in [6.45, 7) is 6.47. The van der Waals surface area contributed by atoms with Crippen LogP contribution in [-0.2, 0) is 23.5 Å². The van der Waals surface area contributed by atoms with Gasteiger partial charge in [0, 0.05) is 19.3 Å². The second kappa shape index (κ2) is 17.7. The van der Waals surface area contributed by atoms with E-state index in [9.17, 15) is 4.39 Å². The Balaban J connectivity index is 1.46. The molecule has 224 valence electrons. The summed E-state index contributed by atoms with van der Waals surface area (Å²) in [6, 6.07) is 8.99. The first-order valence-corrected chi connectivity index (χ1v) is 15.8. The number of aryl methyl sites for hydroxylation is 2. The van der Waals surface area contributed by atoms with E-state index in [4.69, 9.17) is 9.47 Å². The number of fused-ring (bicyclic) bond motifs is 1. The maximum atomic E-state index is 15.6. The number of pyridine rings is 1. The minimum atomic E-state index is -3.32. The van der Waals surface area contributed by atoms with Gasteiger partial charge >= 0.3 is 0 Å². The molecule has 1 aromatic heterocycles. The molecule has 0 fully saturated rings. The Hall–Kier alpha value is -2.08. The Kier molecular flexibility index (Phi) is 14.3. The van der Waals surface area contributed by atoms with E-state index >= 15 is 8.78 Å². The van der Waals surface area contributed by atoms with E-state index < -0.39 is 23.4 Å². The molecule has 0 spiro atoms. The second-order valence-corrected chi connectivity index (χ2v) is 11.3. The molecular weight excluding hydrogens is 511 g/mol. The number of hydrogen-bond donors (Lipinski definition) is 0. The predicted molar refractivity (Wildman–Crippen MR) is 157 cm³/mol. The standard InChI is InChI=1S/C34H50F3NO2/c1-3-5-7-9-10-15-25-40-31-26-29-21-22-30(34(36,37)32(29)33(35)38-31)28-19-17-27(18-20-28)16-12-11-14-24-39-23-13-8-6-4-2/h17-20,26,30H,3-16,21-25H2,1-2H3. The lowest BCUT2D eigenvalue weighted by molar-refractivity contribution is -0.0475. The Morgan fingerprint density at radius 3 is 2.10 bits per heavy atom. The highest BCUT2D eigenvalue weighted by molar-refractivity contribution is 5.40. The summed E-state index contributed by atoms with van der Waals surface area (Å²) in [4.78, 5) is 3.77. The highest BCUT2D eigenvalue weighted by Gasteiger charge is 2.49. The van der Waals surface area contributed by atoms with Gasteiger partial charge in [-0.1, -0.05) is 95.9 Å². The normalized spacial score (nSPS) is 16.2. The highest BCUT2D eigenvalue weighted by atomic mass is 19.3. The number of halogens is 3. The zero-order valence-electron chi connectivity index (χ0n) is 24.8. The second-order valence-electron chi connectivity index (χ2n) is 11.3. The van der Waals surface area contributed by atoms with Crippen molar-refractivity contribution in [2.24, 2.45) is 0 Å². The first-order chi connectivity index (χ1) is 19.5. The van der Waals surface area contributed by atoms with Crippen molar-refractivity contribution in [1.29, 1.82) is 0 Å². The van der Waals surface area contributed by atoms with Gasteiger partial charge in [-0.2, -0.15) is 9.37 Å². The maximum Gasteiger partial charge on any atom is 0.284 e. The molecule has 3 rings (SSSR count). The highest BCUT2D eigenvalue weighted by Crippen LogP contribution is 2.50. The van der Waals surface area contributed by atoms with Crippen LogP contribution in [0.25, 0.3) is 0 Å². The summed E-state index contributed by atoms with van der Waals surface area (Å²) in [5, 5.41) is 0. The number of benzene rings is 1. The third-order valence-electron chi connectivity index (χ3n) is 8.03. The average Bonchev–Trinajstić information content (AvgIpc) is 2.93. The number of hydrogen-bond acceptors (Lipinski definition) is 3. The molecule has 0 aliphatic heterocycles. The molecule has 0 N–H and O–H groups in total. The molecule has 0 bridgehead atoms. The zero-order valence-corrected chi connectivity index (χ0v) is 24.8. The van der Waals surface area contributed by atoms with Gasteiger partial charge in [0.2, 0.25) is 11.8 Å². The Bertz CT molecular complexity index is 980. The molecule has 1 heterocycles. The topological polar surface area (TPSA) is 31.4 Å². The molecule has 1 atom stereocenters. The van der Waals surface area contributed by atoms with Gasteiger partial charge in [0.05, 0.1) is 18.1 Å². The maximum absolute atomic E-state index is 15.6. The minimum Gasteiger partial charge on any atom is -0.478 e. The third kappa shape index (κ3) is 10.1. The van der Waals surface area contributed by atoms with E-state index in [-0.39, 0.29) is 12.3 Å². The summed E-state index contributed by atoms with van der Waals surface area (Å²) >= 11 is 0. The fourth-order valence-corrected chi connectivity index (χ4v) is 5.61. The van der Waals surface area contributed by atoms with Gasteiger partial charge in [-0.3, -0.25) is 0 Å². The minimum absolute atomic E-state index is 0.113. The summed E-state index contributed by atoms with van der Waals surface area (Å²) in [5.74, 6) is -5.37. The van der Waals surface area contributed by atoms with Crippen LogP contribution in [0.3, 0.4) is 0 Å². The van der Waals surface area contributed by atoms with Crippen molar-refractivity contribution in [3.63, 3.8) is 0 Å². The molecule has 3 nitrogen and oxygen atoms in total. The molecule has 1 aliphatic carbocycles. The van der Waals surface area contributed by atoms with Crippen molar-refractivity contribution < 1.29 is 22.6 Å². The molecule has 6 heteroatoms. The van der Waals surface area contributed by atoms with Gasteiger partial charge in [0.25, 0.3) is 5.92 Å². The third-order valence-corrected chi connectivity index (χ3v) is 8.03. The molecular formula is C34H50F3NO2. The van der Waals surface area contributed by atoms with Crippen molar-refractivity contribution in [3.8, 4) is 5.88 Å². The molecule has 0 radical (unpaired) electrons. The van der Waals surface area contributed by atoms with Crippen LogP contribution >= 0.6 is 0 Å². The van der Waals surface area contributed by atoms with Crippen LogP contribution in [0.2, 0.25) is 0 Å². The van der Waals surface area contributed by atoms with Gasteiger partial charge in [-0.15, -0.1) is 0 Å². The SMILES string of the molecule is CCCCCCCCOc1cc2c(c(F)n1)C(F)(F)C(c1ccc(CCCCCOCCCCCC)cc1)CC2. The number of alkyl halides is 2. The van der Waals surface area contributed by atoms with Crippen molar-refractivity contribution in [1.82, 2.24) is 4.98 Å². The number of nitrogens with zero attached hydrogens (tertiary/aromatic N) is 1. The smallest absolute Gasteiger partial charge is 0.284 e. The molecule has 2 aromatic rings. The van der Waals surface area contributed by atoms with E-state index in [2.05, 4.69) is 18.8 Å². The van der Waals surface area contributed by atoms with Crippen molar-refractivity contribution in [2.45, 2.75) is 128 Å². The summed E-state index contributed by atoms with van der Waals surface area (Å²) in [7, 11) is 0. The van der Waals surface area contributed by atoms with E-state index in [1.54, 1.807) is 12.1 Å². The fourth-order valence-electron chi connectivity index (χ4n) is 5.61. The van der Waals surface area contributed by atoms with Crippen molar-refractivity contribution in [3.05, 3.63) is 58.5 Å². The van der Waals surface area contributed by atoms with Crippen LogP contribution in [0.4, 0.5) is 13.2 Å². The quantitative estimate of drug-likeness (QED) is 0.119. The average molecular weight is 562 g/mol. The number of rotatable bonds is 20.